The monoisotopic (exact) mass is 334 g/mol. The van der Waals surface area contributed by atoms with Crippen molar-refractivity contribution in [3.63, 3.8) is 0 Å². The summed E-state index contributed by atoms with van der Waals surface area (Å²) in [6.07, 6.45) is 0.930. The maximum Gasteiger partial charge on any atom is 0.193 e. The van der Waals surface area contributed by atoms with E-state index in [1.54, 1.807) is 0 Å². The maximum atomic E-state index is 12.5. The molecule has 0 amide bonds. The molecule has 1 aliphatic carbocycles. The molecule has 0 aromatic heterocycles. The minimum absolute atomic E-state index is 0.162. The second-order valence-electron chi connectivity index (χ2n) is 4.25. The summed E-state index contributed by atoms with van der Waals surface area (Å²) in [5.41, 5.74) is 4.04. The minimum atomic E-state index is 0.162. The number of alkyl halides is 1. The number of rotatable bonds is 0. The van der Waals surface area contributed by atoms with Crippen LogP contribution in [0.5, 0.6) is 0 Å². The van der Waals surface area contributed by atoms with Crippen molar-refractivity contribution in [2.75, 3.05) is 0 Å². The third-order valence-corrected chi connectivity index (χ3v) is 4.32. The molecule has 0 heterocycles. The van der Waals surface area contributed by atoms with Crippen LogP contribution >= 0.6 is 22.6 Å². The molecule has 2 aromatic rings. The van der Waals surface area contributed by atoms with E-state index in [9.17, 15) is 4.79 Å². The van der Waals surface area contributed by atoms with E-state index in [0.29, 0.717) is 3.92 Å². The Morgan fingerprint density at radius 2 is 1.59 bits per heavy atom. The molecular formula is C15H11IO. The van der Waals surface area contributed by atoms with Crippen molar-refractivity contribution >= 4 is 28.4 Å². The van der Waals surface area contributed by atoms with Crippen LogP contribution in [0.3, 0.4) is 0 Å². The molecule has 0 radical (unpaired) electrons. The summed E-state index contributed by atoms with van der Waals surface area (Å²) in [5.74, 6) is 0.162. The molecule has 84 valence electrons. The van der Waals surface area contributed by atoms with Gasteiger partial charge in [-0.25, -0.2) is 0 Å². The molecule has 0 aliphatic heterocycles. The van der Waals surface area contributed by atoms with Gasteiger partial charge in [0.15, 0.2) is 5.78 Å². The van der Waals surface area contributed by atoms with Gasteiger partial charge in [0, 0.05) is 15.1 Å². The molecule has 0 spiro atoms. The number of halogens is 1. The molecule has 0 saturated heterocycles. The smallest absolute Gasteiger partial charge is 0.193 e. The highest BCUT2D eigenvalue weighted by molar-refractivity contribution is 14.1. The highest BCUT2D eigenvalue weighted by atomic mass is 127. The van der Waals surface area contributed by atoms with Crippen LogP contribution in [0.4, 0.5) is 0 Å². The van der Waals surface area contributed by atoms with Crippen LogP contribution in [0.15, 0.2) is 48.5 Å². The van der Waals surface area contributed by atoms with Crippen molar-refractivity contribution in [1.29, 1.82) is 0 Å². The van der Waals surface area contributed by atoms with E-state index in [0.717, 1.165) is 28.7 Å². The lowest BCUT2D eigenvalue weighted by molar-refractivity contribution is 0.103. The van der Waals surface area contributed by atoms with Gasteiger partial charge in [0.25, 0.3) is 0 Å². The Balaban J connectivity index is 2.26. The van der Waals surface area contributed by atoms with Gasteiger partial charge < -0.3 is 0 Å². The first-order chi connectivity index (χ1) is 8.27. The van der Waals surface area contributed by atoms with Crippen LogP contribution < -0.4 is 0 Å². The molecular weight excluding hydrogens is 323 g/mol. The van der Waals surface area contributed by atoms with Gasteiger partial charge in [0.2, 0.25) is 0 Å². The average Bonchev–Trinajstić information content (AvgIpc) is 2.48. The number of fused-ring (bicyclic) bond motifs is 2. The largest absolute Gasteiger partial charge is 0.289 e. The highest BCUT2D eigenvalue weighted by Gasteiger charge is 2.24. The first kappa shape index (κ1) is 11.0. The minimum Gasteiger partial charge on any atom is -0.289 e. The lowest BCUT2D eigenvalue weighted by atomic mass is 9.99. The zero-order chi connectivity index (χ0) is 11.8. The Labute approximate surface area is 114 Å². The molecule has 0 saturated carbocycles. The second kappa shape index (κ2) is 4.26. The standard InChI is InChI=1S/C15H11IO/c16-14-9-10-5-1-2-6-11(10)15(17)13-8-4-3-7-12(13)14/h1-8,14H,9H2. The normalized spacial score (nSPS) is 18.2. The average molecular weight is 334 g/mol. The number of hydrogen-bond donors (Lipinski definition) is 0. The van der Waals surface area contributed by atoms with Gasteiger partial charge in [0.1, 0.15) is 0 Å². The zero-order valence-corrected chi connectivity index (χ0v) is 11.3. The fourth-order valence-corrected chi connectivity index (χ4v) is 3.36. The predicted molar refractivity (Wildman–Crippen MR) is 76.8 cm³/mol. The van der Waals surface area contributed by atoms with E-state index in [1.165, 1.54) is 0 Å². The molecule has 1 nitrogen and oxygen atoms in total. The molecule has 2 aromatic carbocycles. The summed E-state index contributed by atoms with van der Waals surface area (Å²) >= 11 is 2.43. The molecule has 3 rings (SSSR count). The van der Waals surface area contributed by atoms with Crippen molar-refractivity contribution < 1.29 is 4.79 Å². The van der Waals surface area contributed by atoms with Crippen LogP contribution in [0.2, 0.25) is 0 Å². The molecule has 1 aliphatic rings. The van der Waals surface area contributed by atoms with Crippen molar-refractivity contribution in [2.24, 2.45) is 0 Å². The first-order valence-corrected chi connectivity index (χ1v) is 6.87. The lowest BCUT2D eigenvalue weighted by Crippen LogP contribution is -2.03. The molecule has 2 heteroatoms. The van der Waals surface area contributed by atoms with E-state index < -0.39 is 0 Å². The van der Waals surface area contributed by atoms with Crippen LogP contribution in [0.1, 0.15) is 31.0 Å². The lowest BCUT2D eigenvalue weighted by Gasteiger charge is -2.09. The third-order valence-electron chi connectivity index (χ3n) is 3.20. The van der Waals surface area contributed by atoms with Gasteiger partial charge in [-0.05, 0) is 17.5 Å². The Hall–Kier alpha value is -1.16. The molecule has 0 bridgehead atoms. The Morgan fingerprint density at radius 3 is 2.41 bits per heavy atom. The summed E-state index contributed by atoms with van der Waals surface area (Å²) in [5, 5.41) is 0. The predicted octanol–water partition coefficient (Wildman–Crippen LogP) is 3.95. The summed E-state index contributed by atoms with van der Waals surface area (Å²) in [6.45, 7) is 0. The van der Waals surface area contributed by atoms with Crippen LogP contribution in [-0.4, -0.2) is 5.78 Å². The quantitative estimate of drug-likeness (QED) is 0.527. The first-order valence-electron chi connectivity index (χ1n) is 5.63. The summed E-state index contributed by atoms with van der Waals surface area (Å²) in [4.78, 5) is 12.5. The van der Waals surface area contributed by atoms with Gasteiger partial charge >= 0.3 is 0 Å². The van der Waals surface area contributed by atoms with E-state index in [2.05, 4.69) is 34.7 Å². The second-order valence-corrected chi connectivity index (χ2v) is 5.75. The molecule has 0 N–H and O–H groups in total. The van der Waals surface area contributed by atoms with Crippen LogP contribution in [-0.2, 0) is 6.42 Å². The SMILES string of the molecule is O=C1c2ccccc2CC(I)c2ccccc21. The molecule has 1 atom stereocenters. The Kier molecular flexibility index (Phi) is 2.74. The van der Waals surface area contributed by atoms with Crippen LogP contribution in [0, 0.1) is 0 Å². The maximum absolute atomic E-state index is 12.5. The van der Waals surface area contributed by atoms with Gasteiger partial charge in [-0.15, -0.1) is 0 Å². The van der Waals surface area contributed by atoms with Gasteiger partial charge in [-0.3, -0.25) is 4.79 Å². The van der Waals surface area contributed by atoms with Gasteiger partial charge in [-0.2, -0.15) is 0 Å². The summed E-state index contributed by atoms with van der Waals surface area (Å²) in [6, 6.07) is 15.9. The van der Waals surface area contributed by atoms with Crippen molar-refractivity contribution in [3.05, 3.63) is 70.8 Å². The van der Waals surface area contributed by atoms with Gasteiger partial charge in [0.05, 0.1) is 0 Å². The highest BCUT2D eigenvalue weighted by Crippen LogP contribution is 2.35. The number of hydrogen-bond acceptors (Lipinski definition) is 1. The summed E-state index contributed by atoms with van der Waals surface area (Å²) < 4.78 is 0.372. The zero-order valence-electron chi connectivity index (χ0n) is 9.19. The molecule has 0 fully saturated rings. The van der Waals surface area contributed by atoms with E-state index in [-0.39, 0.29) is 5.78 Å². The molecule has 17 heavy (non-hydrogen) atoms. The fraction of sp³-hybridized carbons (Fsp3) is 0.133. The van der Waals surface area contributed by atoms with Crippen LogP contribution in [0.25, 0.3) is 0 Å². The Morgan fingerprint density at radius 1 is 0.941 bits per heavy atom. The van der Waals surface area contributed by atoms with Crippen molar-refractivity contribution in [2.45, 2.75) is 10.3 Å². The summed E-state index contributed by atoms with van der Waals surface area (Å²) in [7, 11) is 0. The van der Waals surface area contributed by atoms with Crippen molar-refractivity contribution in [1.82, 2.24) is 0 Å². The number of carbonyl (C=O) groups excluding carboxylic acids is 1. The number of carbonyl (C=O) groups is 1. The van der Waals surface area contributed by atoms with E-state index >= 15 is 0 Å². The number of ketones is 1. The van der Waals surface area contributed by atoms with E-state index in [4.69, 9.17) is 0 Å². The van der Waals surface area contributed by atoms with E-state index in [1.807, 2.05) is 36.4 Å². The third kappa shape index (κ3) is 1.80. The van der Waals surface area contributed by atoms with Gasteiger partial charge in [-0.1, -0.05) is 71.1 Å². The Bertz CT molecular complexity index is 589. The number of benzene rings is 2. The van der Waals surface area contributed by atoms with Crippen molar-refractivity contribution in [3.8, 4) is 0 Å². The topological polar surface area (TPSA) is 17.1 Å². The fourth-order valence-electron chi connectivity index (χ4n) is 2.34. The molecule has 1 unspecified atom stereocenters.